The molecule has 26 heavy (non-hydrogen) atoms. The third-order valence-electron chi connectivity index (χ3n) is 3.90. The van der Waals surface area contributed by atoms with Crippen molar-refractivity contribution < 1.29 is 28.8 Å². The predicted molar refractivity (Wildman–Crippen MR) is 96.4 cm³/mol. The van der Waals surface area contributed by atoms with Crippen molar-refractivity contribution in [3.63, 3.8) is 0 Å². The van der Waals surface area contributed by atoms with Crippen LogP contribution in [0.15, 0.2) is 36.4 Å². The Bertz CT molecular complexity index is 762. The minimum Gasteiger partial charge on any atom is -0.497 e. The van der Waals surface area contributed by atoms with Gasteiger partial charge in [-0.1, -0.05) is 6.07 Å². The maximum atomic E-state index is 12.4. The van der Waals surface area contributed by atoms with Crippen molar-refractivity contribution in [2.45, 2.75) is 6.10 Å². The van der Waals surface area contributed by atoms with Gasteiger partial charge in [0.05, 0.1) is 40.1 Å². The molecule has 0 aliphatic heterocycles. The van der Waals surface area contributed by atoms with Crippen molar-refractivity contribution in [2.24, 2.45) is 0 Å². The quantitative estimate of drug-likeness (QED) is 0.750. The molecule has 0 spiro atoms. The summed E-state index contributed by atoms with van der Waals surface area (Å²) in [7, 11) is 6.07. The largest absolute Gasteiger partial charge is 0.497 e. The first-order chi connectivity index (χ1) is 12.5. The van der Waals surface area contributed by atoms with E-state index in [2.05, 4.69) is 5.32 Å². The molecule has 0 radical (unpaired) electrons. The van der Waals surface area contributed by atoms with E-state index < -0.39 is 6.10 Å². The van der Waals surface area contributed by atoms with E-state index >= 15 is 0 Å². The molecule has 0 aliphatic rings. The molecule has 1 unspecified atom stereocenters. The van der Waals surface area contributed by atoms with E-state index in [0.29, 0.717) is 34.1 Å². The molecule has 0 saturated carbocycles. The molecule has 0 heterocycles. The molecule has 0 aliphatic carbocycles. The van der Waals surface area contributed by atoms with Gasteiger partial charge in [0.1, 0.15) is 11.5 Å². The van der Waals surface area contributed by atoms with Crippen molar-refractivity contribution in [3.8, 4) is 23.0 Å². The van der Waals surface area contributed by atoms with Gasteiger partial charge in [-0.3, -0.25) is 4.79 Å². The first kappa shape index (κ1) is 19.4. The van der Waals surface area contributed by atoms with Crippen LogP contribution >= 0.6 is 0 Å². The van der Waals surface area contributed by atoms with Gasteiger partial charge in [-0.15, -0.1) is 0 Å². The van der Waals surface area contributed by atoms with Crippen molar-refractivity contribution in [3.05, 3.63) is 47.5 Å². The third-order valence-corrected chi connectivity index (χ3v) is 3.90. The van der Waals surface area contributed by atoms with Crippen molar-refractivity contribution in [1.82, 2.24) is 5.32 Å². The average molecular weight is 361 g/mol. The molecule has 1 atom stereocenters. The molecule has 2 aromatic rings. The standard InChI is InChI=1S/C19H23NO6/c1-23-13-6-7-14(17(10-13)25-3)19(22)20-11-15(21)12-5-8-16(24-2)18(9-12)26-4/h5-10,15,21H,11H2,1-4H3,(H,20,22). The number of hydrogen-bond donors (Lipinski definition) is 2. The molecule has 0 aromatic heterocycles. The zero-order valence-corrected chi connectivity index (χ0v) is 15.2. The maximum absolute atomic E-state index is 12.4. The van der Waals surface area contributed by atoms with Crippen LogP contribution in [0.5, 0.6) is 23.0 Å². The zero-order valence-electron chi connectivity index (χ0n) is 15.2. The molecule has 0 bridgehead atoms. The topological polar surface area (TPSA) is 86.3 Å². The van der Waals surface area contributed by atoms with Crippen LogP contribution in [-0.4, -0.2) is 46.0 Å². The lowest BCUT2D eigenvalue weighted by Gasteiger charge is -2.16. The van der Waals surface area contributed by atoms with Crippen LogP contribution in [-0.2, 0) is 0 Å². The molecule has 1 amide bonds. The number of amides is 1. The van der Waals surface area contributed by atoms with Crippen LogP contribution in [0.3, 0.4) is 0 Å². The second-order valence-corrected chi connectivity index (χ2v) is 5.41. The second-order valence-electron chi connectivity index (χ2n) is 5.41. The van der Waals surface area contributed by atoms with Crippen LogP contribution < -0.4 is 24.3 Å². The smallest absolute Gasteiger partial charge is 0.255 e. The van der Waals surface area contributed by atoms with E-state index in [4.69, 9.17) is 18.9 Å². The summed E-state index contributed by atoms with van der Waals surface area (Å²) in [6, 6.07) is 9.99. The zero-order chi connectivity index (χ0) is 19.1. The number of aliphatic hydroxyl groups is 1. The van der Waals surface area contributed by atoms with Crippen LogP contribution in [0.25, 0.3) is 0 Å². The molecule has 7 nitrogen and oxygen atoms in total. The monoisotopic (exact) mass is 361 g/mol. The summed E-state index contributed by atoms with van der Waals surface area (Å²) in [5.74, 6) is 1.69. The minimum absolute atomic E-state index is 0.0312. The Labute approximate surface area is 152 Å². The summed E-state index contributed by atoms with van der Waals surface area (Å²) < 4.78 is 20.7. The molecule has 140 valence electrons. The number of rotatable bonds is 8. The fourth-order valence-electron chi connectivity index (χ4n) is 2.45. The number of carbonyl (C=O) groups excluding carboxylic acids is 1. The number of methoxy groups -OCH3 is 4. The van der Waals surface area contributed by atoms with E-state index in [-0.39, 0.29) is 12.5 Å². The fraction of sp³-hybridized carbons (Fsp3) is 0.316. The van der Waals surface area contributed by atoms with Crippen molar-refractivity contribution in [2.75, 3.05) is 35.0 Å². The summed E-state index contributed by atoms with van der Waals surface area (Å²) in [5, 5.41) is 13.0. The van der Waals surface area contributed by atoms with Crippen LogP contribution in [0, 0.1) is 0 Å². The number of hydrogen-bond acceptors (Lipinski definition) is 6. The highest BCUT2D eigenvalue weighted by Crippen LogP contribution is 2.30. The molecule has 2 rings (SSSR count). The SMILES string of the molecule is COc1ccc(C(=O)NCC(O)c2ccc(OC)c(OC)c2)c(OC)c1. The normalized spacial score (nSPS) is 11.4. The molecule has 2 aromatic carbocycles. The lowest BCUT2D eigenvalue weighted by Crippen LogP contribution is -2.28. The summed E-state index contributed by atoms with van der Waals surface area (Å²) in [6.45, 7) is 0.0312. The summed E-state index contributed by atoms with van der Waals surface area (Å²) in [6.07, 6.45) is -0.900. The first-order valence-electron chi connectivity index (χ1n) is 7.94. The lowest BCUT2D eigenvalue weighted by atomic mass is 10.1. The maximum Gasteiger partial charge on any atom is 0.255 e. The van der Waals surface area contributed by atoms with Crippen LogP contribution in [0.2, 0.25) is 0 Å². The molecule has 7 heteroatoms. The second kappa shape index (κ2) is 8.96. The Morgan fingerprint density at radius 1 is 0.923 bits per heavy atom. The Hall–Kier alpha value is -2.93. The molecular formula is C19H23NO6. The summed E-state index contributed by atoms with van der Waals surface area (Å²) >= 11 is 0. The number of aliphatic hydroxyl groups excluding tert-OH is 1. The van der Waals surface area contributed by atoms with E-state index in [0.717, 1.165) is 0 Å². The van der Waals surface area contributed by atoms with E-state index in [1.165, 1.54) is 28.4 Å². The van der Waals surface area contributed by atoms with Gasteiger partial charge in [0.2, 0.25) is 0 Å². The Balaban J connectivity index is 2.07. The third kappa shape index (κ3) is 4.37. The average Bonchev–Trinajstić information content (AvgIpc) is 2.70. The van der Waals surface area contributed by atoms with E-state index in [9.17, 15) is 9.90 Å². The minimum atomic E-state index is -0.900. The van der Waals surface area contributed by atoms with Gasteiger partial charge in [0, 0.05) is 12.6 Å². The Morgan fingerprint density at radius 3 is 2.23 bits per heavy atom. The van der Waals surface area contributed by atoms with Crippen molar-refractivity contribution in [1.29, 1.82) is 0 Å². The summed E-state index contributed by atoms with van der Waals surface area (Å²) in [4.78, 5) is 12.4. The first-order valence-corrected chi connectivity index (χ1v) is 7.94. The summed E-state index contributed by atoms with van der Waals surface area (Å²) in [5.41, 5.74) is 0.956. The van der Waals surface area contributed by atoms with Crippen LogP contribution in [0.1, 0.15) is 22.0 Å². The van der Waals surface area contributed by atoms with Gasteiger partial charge >= 0.3 is 0 Å². The fourth-order valence-corrected chi connectivity index (χ4v) is 2.45. The van der Waals surface area contributed by atoms with Gasteiger partial charge in [-0.25, -0.2) is 0 Å². The van der Waals surface area contributed by atoms with E-state index in [1.807, 2.05) is 0 Å². The molecule has 0 saturated heterocycles. The lowest BCUT2D eigenvalue weighted by molar-refractivity contribution is 0.0913. The van der Waals surface area contributed by atoms with Gasteiger partial charge in [0.25, 0.3) is 5.91 Å². The highest BCUT2D eigenvalue weighted by molar-refractivity contribution is 5.97. The molecule has 2 N–H and O–H groups in total. The van der Waals surface area contributed by atoms with Gasteiger partial charge in [-0.2, -0.15) is 0 Å². The number of nitrogens with one attached hydrogen (secondary N) is 1. The molecular weight excluding hydrogens is 338 g/mol. The number of ether oxygens (including phenoxy) is 4. The van der Waals surface area contributed by atoms with Crippen LogP contribution in [0.4, 0.5) is 0 Å². The Kier molecular flexibility index (Phi) is 6.68. The predicted octanol–water partition coefficient (Wildman–Crippen LogP) is 2.18. The Morgan fingerprint density at radius 2 is 1.62 bits per heavy atom. The van der Waals surface area contributed by atoms with Gasteiger partial charge in [-0.05, 0) is 29.8 Å². The molecule has 0 fully saturated rings. The highest BCUT2D eigenvalue weighted by Gasteiger charge is 2.16. The number of benzene rings is 2. The highest BCUT2D eigenvalue weighted by atomic mass is 16.5. The van der Waals surface area contributed by atoms with Gasteiger partial charge < -0.3 is 29.4 Å². The number of carbonyl (C=O) groups is 1. The van der Waals surface area contributed by atoms with E-state index in [1.54, 1.807) is 36.4 Å². The van der Waals surface area contributed by atoms with Gasteiger partial charge in [0.15, 0.2) is 11.5 Å². The van der Waals surface area contributed by atoms with Crippen molar-refractivity contribution >= 4 is 5.91 Å².